The maximum Gasteiger partial charge on any atom is 0.535 e. The number of ether oxygens (including phenoxy) is 2. The van der Waals surface area contributed by atoms with E-state index in [2.05, 4.69) is 15.3 Å². The normalized spacial score (nSPS) is 22.5. The first-order valence-electron chi connectivity index (χ1n) is 6.72. The number of hydrazine groups is 1. The number of morpholine rings is 1. The van der Waals surface area contributed by atoms with Gasteiger partial charge in [0.15, 0.2) is 0 Å². The van der Waals surface area contributed by atoms with Crippen LogP contribution in [-0.4, -0.2) is 53.8 Å². The van der Waals surface area contributed by atoms with Crippen LogP contribution in [0.1, 0.15) is 20.8 Å². The van der Waals surface area contributed by atoms with E-state index in [0.717, 1.165) is 0 Å². The molecule has 0 atom stereocenters. The van der Waals surface area contributed by atoms with Gasteiger partial charge in [0, 0.05) is 0 Å². The quantitative estimate of drug-likeness (QED) is 0.234. The topological polar surface area (TPSA) is 108 Å². The van der Waals surface area contributed by atoms with E-state index in [0.29, 0.717) is 32.6 Å². The zero-order valence-electron chi connectivity index (χ0n) is 12.6. The van der Waals surface area contributed by atoms with Gasteiger partial charge in [-0.1, -0.05) is 6.26 Å². The highest BCUT2D eigenvalue weighted by Crippen LogP contribution is 2.16. The van der Waals surface area contributed by atoms with Crippen molar-refractivity contribution in [2.45, 2.75) is 26.4 Å². The Bertz CT molecular complexity index is 516. The molecule has 0 N–H and O–H groups in total. The van der Waals surface area contributed by atoms with Crippen LogP contribution < -0.4 is 5.11 Å². The highest BCUT2D eigenvalue weighted by atomic mass is 16.8. The van der Waals surface area contributed by atoms with Crippen LogP contribution in [0.5, 0.6) is 0 Å². The predicted octanol–water partition coefficient (Wildman–Crippen LogP) is 0.110. The van der Waals surface area contributed by atoms with Gasteiger partial charge in [-0.05, 0) is 25.9 Å². The lowest BCUT2D eigenvalue weighted by Gasteiger charge is -2.20. The van der Waals surface area contributed by atoms with Gasteiger partial charge in [-0.3, -0.25) is 9.68 Å². The smallest absolute Gasteiger partial charge is 0.535 e. The molecule has 10 nitrogen and oxygen atoms in total. The molecule has 0 unspecified atom stereocenters. The molecule has 1 fully saturated rings. The number of hydrogen-bond donors (Lipinski definition) is 0. The van der Waals surface area contributed by atoms with Crippen LogP contribution in [0.25, 0.3) is 0 Å². The van der Waals surface area contributed by atoms with Gasteiger partial charge in [0.05, 0.1) is 31.1 Å². The molecule has 0 aromatic heterocycles. The largest absolute Gasteiger partial charge is 0.873 e. The van der Waals surface area contributed by atoms with Crippen LogP contribution in [-0.2, 0) is 19.1 Å². The van der Waals surface area contributed by atoms with Gasteiger partial charge in [-0.25, -0.2) is 4.79 Å². The van der Waals surface area contributed by atoms with Crippen molar-refractivity contribution in [3.63, 3.8) is 0 Å². The number of hydrogen-bond acceptors (Lipinski definition) is 9. The summed E-state index contributed by atoms with van der Waals surface area (Å²) in [6, 6.07) is 0. The monoisotopic (exact) mass is 314 g/mol. The molecular weight excluding hydrogens is 296 g/mol. The van der Waals surface area contributed by atoms with Crippen molar-refractivity contribution in [1.29, 1.82) is 0 Å². The average Bonchev–Trinajstić information content (AvgIpc) is 2.87. The summed E-state index contributed by atoms with van der Waals surface area (Å²) >= 11 is 0. The molecule has 0 aromatic carbocycles. The van der Waals surface area contributed by atoms with E-state index < -0.39 is 11.8 Å². The Morgan fingerprint density at radius 1 is 1.45 bits per heavy atom. The Balaban J connectivity index is 1.99. The van der Waals surface area contributed by atoms with Crippen LogP contribution in [0, 0.1) is 0 Å². The van der Waals surface area contributed by atoms with E-state index in [4.69, 9.17) is 14.3 Å². The summed E-state index contributed by atoms with van der Waals surface area (Å²) in [6.45, 7) is 7.18. The van der Waals surface area contributed by atoms with Gasteiger partial charge in [0.1, 0.15) is 5.60 Å². The SMILES string of the molecule is CC(C)(C)OC(=O)O/N=C1\ON=[N+](N2CCOCC2)\C1=C\[O-]. The van der Waals surface area contributed by atoms with Gasteiger partial charge in [-0.2, -0.15) is 0 Å². The summed E-state index contributed by atoms with van der Waals surface area (Å²) in [5, 5.41) is 20.1. The van der Waals surface area contributed by atoms with Crippen LogP contribution in [0.15, 0.2) is 22.4 Å². The predicted molar refractivity (Wildman–Crippen MR) is 69.0 cm³/mol. The highest BCUT2D eigenvalue weighted by molar-refractivity contribution is 5.91. The van der Waals surface area contributed by atoms with E-state index in [1.165, 1.54) is 4.81 Å². The van der Waals surface area contributed by atoms with Gasteiger partial charge in [0.2, 0.25) is 5.28 Å². The molecule has 2 rings (SSSR count). The third-order valence-electron chi connectivity index (χ3n) is 2.60. The lowest BCUT2D eigenvalue weighted by Crippen LogP contribution is -2.42. The van der Waals surface area contributed by atoms with Gasteiger partial charge in [0.25, 0.3) is 0 Å². The summed E-state index contributed by atoms with van der Waals surface area (Å²) in [5.41, 5.74) is -0.680. The van der Waals surface area contributed by atoms with Crippen molar-refractivity contribution in [3.05, 3.63) is 12.0 Å². The number of nitrogens with zero attached hydrogens (tertiary/aromatic N) is 4. The molecule has 122 valence electrons. The van der Waals surface area contributed by atoms with Crippen molar-refractivity contribution in [3.8, 4) is 0 Å². The van der Waals surface area contributed by atoms with Crippen LogP contribution in [0.2, 0.25) is 0 Å². The maximum absolute atomic E-state index is 11.4. The average molecular weight is 314 g/mol. The fourth-order valence-corrected chi connectivity index (χ4v) is 1.71. The van der Waals surface area contributed by atoms with Crippen molar-refractivity contribution < 1.29 is 33.9 Å². The standard InChI is InChI=1S/C12H18N4O6/c1-12(2,3)20-11(18)22-13-10-9(8-17)16(14-21-10)15-4-6-19-7-5-15/h8H,4-7H2,1-3H3. The number of carbonyl (C=O) groups is 1. The molecule has 0 aliphatic carbocycles. The van der Waals surface area contributed by atoms with Gasteiger partial charge < -0.3 is 14.6 Å². The molecule has 0 bridgehead atoms. The highest BCUT2D eigenvalue weighted by Gasteiger charge is 2.38. The zero-order chi connectivity index (χ0) is 16.2. The maximum atomic E-state index is 11.4. The fourth-order valence-electron chi connectivity index (χ4n) is 1.71. The summed E-state index contributed by atoms with van der Waals surface area (Å²) in [4.78, 5) is 22.2. The minimum atomic E-state index is -1.00. The molecule has 2 aliphatic heterocycles. The third kappa shape index (κ3) is 4.07. The molecule has 10 heteroatoms. The lowest BCUT2D eigenvalue weighted by molar-refractivity contribution is -0.710. The van der Waals surface area contributed by atoms with E-state index in [1.807, 2.05) is 0 Å². The Morgan fingerprint density at radius 3 is 2.73 bits per heavy atom. The molecular formula is C12H18N4O6. The van der Waals surface area contributed by atoms with Crippen LogP contribution in [0.3, 0.4) is 0 Å². The summed E-state index contributed by atoms with van der Waals surface area (Å²) in [6.07, 6.45) is -0.484. The van der Waals surface area contributed by atoms with Crippen LogP contribution >= 0.6 is 0 Å². The second-order valence-electron chi connectivity index (χ2n) is 5.48. The zero-order valence-corrected chi connectivity index (χ0v) is 12.6. The number of carbonyl (C=O) groups excluding carboxylic acids is 1. The van der Waals surface area contributed by atoms with Crippen molar-refractivity contribution >= 4 is 12.1 Å². The van der Waals surface area contributed by atoms with Crippen molar-refractivity contribution in [2.75, 3.05) is 26.3 Å². The minimum Gasteiger partial charge on any atom is -0.873 e. The van der Waals surface area contributed by atoms with Crippen LogP contribution in [0.4, 0.5) is 4.79 Å². The number of rotatable bonds is 2. The molecule has 22 heavy (non-hydrogen) atoms. The molecule has 0 saturated carbocycles. The molecule has 0 spiro atoms. The Morgan fingerprint density at radius 2 is 2.14 bits per heavy atom. The second-order valence-corrected chi connectivity index (χ2v) is 5.48. The van der Waals surface area contributed by atoms with Crippen molar-refractivity contribution in [2.24, 2.45) is 10.4 Å². The molecule has 2 heterocycles. The Hall–Kier alpha value is -2.36. The minimum absolute atomic E-state index is 0.0328. The first kappa shape index (κ1) is 16.0. The molecule has 1 saturated heterocycles. The summed E-state index contributed by atoms with van der Waals surface area (Å²) < 4.78 is 10.1. The fraction of sp³-hybridized carbons (Fsp3) is 0.667. The Kier molecular flexibility index (Phi) is 4.81. The Labute approximate surface area is 127 Å². The van der Waals surface area contributed by atoms with Gasteiger partial charge in [-0.15, -0.1) is 5.01 Å². The summed E-state index contributed by atoms with van der Waals surface area (Å²) in [7, 11) is 0. The van der Waals surface area contributed by atoms with Crippen molar-refractivity contribution in [1.82, 2.24) is 5.01 Å². The molecule has 0 aromatic rings. The number of oxime groups is 1. The lowest BCUT2D eigenvalue weighted by atomic mass is 10.2. The molecule has 0 amide bonds. The second kappa shape index (κ2) is 6.60. The van der Waals surface area contributed by atoms with E-state index in [9.17, 15) is 9.90 Å². The van der Waals surface area contributed by atoms with E-state index in [1.54, 1.807) is 25.8 Å². The van der Waals surface area contributed by atoms with E-state index in [-0.39, 0.29) is 11.6 Å². The molecule has 2 aliphatic rings. The molecule has 0 radical (unpaired) electrons. The first-order chi connectivity index (χ1) is 10.4. The summed E-state index contributed by atoms with van der Waals surface area (Å²) in [5.74, 6) is -0.215. The van der Waals surface area contributed by atoms with E-state index >= 15 is 0 Å². The third-order valence-corrected chi connectivity index (χ3v) is 2.60. The van der Waals surface area contributed by atoms with Gasteiger partial charge >= 0.3 is 17.8 Å². The first-order valence-corrected chi connectivity index (χ1v) is 6.72.